The number of benzene rings is 2. The maximum absolute atomic E-state index is 13.4. The predicted molar refractivity (Wildman–Crippen MR) is 109 cm³/mol. The molecule has 0 unspecified atom stereocenters. The number of amides is 2. The van der Waals surface area contributed by atoms with E-state index in [9.17, 15) is 14.9 Å². The third kappa shape index (κ3) is 2.51. The molecule has 1 fully saturated rings. The number of rotatable bonds is 1. The summed E-state index contributed by atoms with van der Waals surface area (Å²) in [5.41, 5.74) is 1.54. The Morgan fingerprint density at radius 1 is 1.24 bits per heavy atom. The van der Waals surface area contributed by atoms with Gasteiger partial charge >= 0.3 is 0 Å². The Balaban J connectivity index is 1.57. The first kappa shape index (κ1) is 17.7. The van der Waals surface area contributed by atoms with Crippen LogP contribution in [0, 0.1) is 11.3 Å². The Morgan fingerprint density at radius 2 is 2.00 bits per heavy atom. The van der Waals surface area contributed by atoms with Gasteiger partial charge in [0.1, 0.15) is 11.2 Å². The number of hydrogen-bond donors (Lipinski definition) is 1. The van der Waals surface area contributed by atoms with Gasteiger partial charge in [0.25, 0.3) is 5.91 Å². The Labute approximate surface area is 171 Å². The van der Waals surface area contributed by atoms with Crippen molar-refractivity contribution < 1.29 is 9.59 Å². The molecule has 1 spiro atoms. The van der Waals surface area contributed by atoms with Gasteiger partial charge in [-0.15, -0.1) is 0 Å². The number of carbonyl (C=O) groups excluding carboxylic acids is 2. The molecule has 3 heterocycles. The smallest absolute Gasteiger partial charge is 0.258 e. The number of nitrogens with one attached hydrogen (secondary N) is 1. The maximum atomic E-state index is 13.4. The van der Waals surface area contributed by atoms with Gasteiger partial charge in [-0.2, -0.15) is 5.26 Å². The van der Waals surface area contributed by atoms with E-state index >= 15 is 0 Å². The van der Waals surface area contributed by atoms with E-state index in [2.05, 4.69) is 16.4 Å². The Bertz CT molecular complexity index is 1230. The van der Waals surface area contributed by atoms with E-state index in [0.29, 0.717) is 5.52 Å². The molecule has 0 bridgehead atoms. The fraction of sp³-hybridized carbons (Fsp3) is 0.182. The zero-order valence-corrected chi connectivity index (χ0v) is 16.0. The van der Waals surface area contributed by atoms with Crippen molar-refractivity contribution in [3.05, 3.63) is 70.9 Å². The molecule has 0 radical (unpaired) electrons. The highest BCUT2D eigenvalue weighted by Crippen LogP contribution is 2.46. The van der Waals surface area contributed by atoms with Gasteiger partial charge in [0, 0.05) is 24.0 Å². The van der Waals surface area contributed by atoms with Crippen molar-refractivity contribution in [1.82, 2.24) is 9.88 Å². The van der Waals surface area contributed by atoms with Crippen molar-refractivity contribution >= 4 is 40.0 Å². The van der Waals surface area contributed by atoms with Crippen LogP contribution in [0.2, 0.25) is 5.15 Å². The standard InChI is InChI=1S/C22H15ClN4O2/c23-19-15(9-13-5-1-3-7-17(13)25-19)20(28)27-12-22(10-14(27)11-24)16-6-2-4-8-18(16)26-21(22)29/h1-9,14H,10,12H2,(H,26,29)/t14-,22-/m0/s1. The van der Waals surface area contributed by atoms with E-state index in [-0.39, 0.29) is 29.6 Å². The molecule has 142 valence electrons. The van der Waals surface area contributed by atoms with Gasteiger partial charge in [0.2, 0.25) is 5.91 Å². The summed E-state index contributed by atoms with van der Waals surface area (Å²) >= 11 is 6.31. The quantitative estimate of drug-likeness (QED) is 0.631. The molecule has 2 aromatic carbocycles. The number of nitrogens with zero attached hydrogens (tertiary/aromatic N) is 3. The lowest BCUT2D eigenvalue weighted by Gasteiger charge is -2.23. The van der Waals surface area contributed by atoms with Gasteiger partial charge in [-0.05, 0) is 23.8 Å². The van der Waals surface area contributed by atoms with Crippen LogP contribution in [0.4, 0.5) is 5.69 Å². The fourth-order valence-electron chi connectivity index (χ4n) is 4.36. The van der Waals surface area contributed by atoms with Crippen LogP contribution < -0.4 is 5.32 Å². The van der Waals surface area contributed by atoms with E-state index in [1.807, 2.05) is 48.5 Å². The van der Waals surface area contributed by atoms with Crippen LogP contribution in [0.25, 0.3) is 10.9 Å². The molecule has 2 aliphatic heterocycles. The van der Waals surface area contributed by atoms with Crippen LogP contribution in [-0.4, -0.2) is 34.3 Å². The second-order valence-corrected chi connectivity index (χ2v) is 7.74. The molecule has 2 aliphatic rings. The monoisotopic (exact) mass is 402 g/mol. The SMILES string of the molecule is N#C[C@@H]1C[C@@]2(CN1C(=O)c1cc3ccccc3nc1Cl)C(=O)Nc1ccccc12. The molecule has 0 saturated carbocycles. The van der Waals surface area contributed by atoms with Gasteiger partial charge < -0.3 is 10.2 Å². The van der Waals surface area contributed by atoms with Gasteiger partial charge in [0.15, 0.2) is 0 Å². The second-order valence-electron chi connectivity index (χ2n) is 7.38. The van der Waals surface area contributed by atoms with E-state index in [4.69, 9.17) is 11.6 Å². The van der Waals surface area contributed by atoms with E-state index < -0.39 is 17.4 Å². The Morgan fingerprint density at radius 3 is 2.83 bits per heavy atom. The van der Waals surface area contributed by atoms with Crippen molar-refractivity contribution in [3.8, 4) is 6.07 Å². The molecule has 7 heteroatoms. The van der Waals surface area contributed by atoms with Gasteiger partial charge in [0.05, 0.1) is 22.6 Å². The van der Waals surface area contributed by atoms with Crippen LogP contribution in [0.5, 0.6) is 0 Å². The summed E-state index contributed by atoms with van der Waals surface area (Å²) in [7, 11) is 0. The Kier molecular flexibility index (Phi) is 3.83. The summed E-state index contributed by atoms with van der Waals surface area (Å²) in [6.45, 7) is 0.121. The molecule has 6 nitrogen and oxygen atoms in total. The first-order valence-electron chi connectivity index (χ1n) is 9.20. The zero-order chi connectivity index (χ0) is 20.2. The first-order chi connectivity index (χ1) is 14.0. The van der Waals surface area contributed by atoms with Crippen LogP contribution in [0.1, 0.15) is 22.3 Å². The molecule has 2 amide bonds. The highest BCUT2D eigenvalue weighted by molar-refractivity contribution is 6.33. The average Bonchev–Trinajstić information content (AvgIpc) is 3.26. The number of pyridine rings is 1. The molecular formula is C22H15ClN4O2. The summed E-state index contributed by atoms with van der Waals surface area (Å²) in [5.74, 6) is -0.578. The average molecular weight is 403 g/mol. The summed E-state index contributed by atoms with van der Waals surface area (Å²) in [5, 5.41) is 13.5. The van der Waals surface area contributed by atoms with Crippen LogP contribution in [-0.2, 0) is 10.2 Å². The Hall–Kier alpha value is -3.43. The van der Waals surface area contributed by atoms with Gasteiger partial charge in [-0.3, -0.25) is 9.59 Å². The minimum atomic E-state index is -0.927. The topological polar surface area (TPSA) is 86.1 Å². The molecule has 1 saturated heterocycles. The third-order valence-electron chi connectivity index (χ3n) is 5.80. The second kappa shape index (κ2) is 6.29. The van der Waals surface area contributed by atoms with Crippen molar-refractivity contribution in [3.63, 3.8) is 0 Å². The number of aromatic nitrogens is 1. The van der Waals surface area contributed by atoms with E-state index in [1.54, 1.807) is 6.07 Å². The summed E-state index contributed by atoms with van der Waals surface area (Å²) < 4.78 is 0. The summed E-state index contributed by atoms with van der Waals surface area (Å²) in [4.78, 5) is 32.0. The fourth-order valence-corrected chi connectivity index (χ4v) is 4.59. The van der Waals surface area contributed by atoms with Gasteiger partial charge in [-0.25, -0.2) is 4.98 Å². The highest BCUT2D eigenvalue weighted by atomic mass is 35.5. The lowest BCUT2D eigenvalue weighted by Crippen LogP contribution is -2.40. The molecule has 0 aliphatic carbocycles. The summed E-state index contributed by atoms with van der Waals surface area (Å²) in [6.07, 6.45) is 0.247. The number of hydrogen-bond acceptors (Lipinski definition) is 4. The number of nitriles is 1. The normalized spacial score (nSPS) is 22.6. The third-order valence-corrected chi connectivity index (χ3v) is 6.09. The van der Waals surface area contributed by atoms with E-state index in [1.165, 1.54) is 4.90 Å². The predicted octanol–water partition coefficient (Wildman–Crippen LogP) is 3.52. The maximum Gasteiger partial charge on any atom is 0.258 e. The van der Waals surface area contributed by atoms with Crippen molar-refractivity contribution in [2.24, 2.45) is 0 Å². The van der Waals surface area contributed by atoms with Crippen LogP contribution in [0.15, 0.2) is 54.6 Å². The lowest BCUT2D eigenvalue weighted by molar-refractivity contribution is -0.120. The van der Waals surface area contributed by atoms with Crippen LogP contribution >= 0.6 is 11.6 Å². The molecule has 2 atom stereocenters. The van der Waals surface area contributed by atoms with Crippen molar-refractivity contribution in [2.45, 2.75) is 17.9 Å². The molecule has 1 N–H and O–H groups in total. The first-order valence-corrected chi connectivity index (χ1v) is 9.58. The van der Waals surface area contributed by atoms with Crippen molar-refractivity contribution in [2.75, 3.05) is 11.9 Å². The number of halogens is 1. The molecule has 1 aromatic heterocycles. The summed E-state index contributed by atoms with van der Waals surface area (Å²) in [6, 6.07) is 17.9. The number of anilines is 1. The molecular weight excluding hydrogens is 388 g/mol. The highest BCUT2D eigenvalue weighted by Gasteiger charge is 2.56. The molecule has 3 aromatic rings. The number of fused-ring (bicyclic) bond motifs is 3. The molecule has 5 rings (SSSR count). The number of para-hydroxylation sites is 2. The lowest BCUT2D eigenvalue weighted by atomic mass is 9.80. The number of carbonyl (C=O) groups is 2. The van der Waals surface area contributed by atoms with Crippen molar-refractivity contribution in [1.29, 1.82) is 5.26 Å². The zero-order valence-electron chi connectivity index (χ0n) is 15.2. The van der Waals surface area contributed by atoms with E-state index in [0.717, 1.165) is 16.6 Å². The largest absolute Gasteiger partial charge is 0.325 e. The molecule has 29 heavy (non-hydrogen) atoms. The minimum Gasteiger partial charge on any atom is -0.325 e. The van der Waals surface area contributed by atoms with Crippen LogP contribution in [0.3, 0.4) is 0 Å². The minimum absolute atomic E-state index is 0.0858. The number of likely N-dealkylation sites (tertiary alicyclic amines) is 1. The van der Waals surface area contributed by atoms with Gasteiger partial charge in [-0.1, -0.05) is 48.0 Å².